The molecule has 0 spiro atoms. The molecule has 0 heterocycles. The van der Waals surface area contributed by atoms with Gasteiger partial charge in [-0.25, -0.2) is 10.2 Å². The minimum Gasteiger partial charge on any atom is -0.479 e. The molecule has 8 nitrogen and oxygen atoms in total. The molecule has 0 radical (unpaired) electrons. The van der Waals surface area contributed by atoms with E-state index in [1.165, 1.54) is 12.3 Å². The van der Waals surface area contributed by atoms with E-state index in [-0.39, 0.29) is 18.1 Å². The van der Waals surface area contributed by atoms with Gasteiger partial charge in [0.05, 0.1) is 23.4 Å². The van der Waals surface area contributed by atoms with E-state index in [1.807, 2.05) is 30.3 Å². The van der Waals surface area contributed by atoms with Crippen molar-refractivity contribution in [3.63, 3.8) is 0 Å². The van der Waals surface area contributed by atoms with Gasteiger partial charge in [-0.15, -0.1) is 0 Å². The standard InChI is InChI=1S/C28H27Cl2N3O5/c1-3-37-28(36)21-11-9-20(10-12-21)17-31-33-27(35)24(15-19-7-5-4-6-8-19)32-26(34)18(2)38-25-14-13-22(29)16-23(25)30/h4-14,16-18,24H,3,15H2,1-2H3,(H,32,34)(H,33,35)/b31-17-/t18-,24+/m0/s1. The SMILES string of the molecule is CCOC(=O)c1ccc(/C=N\NC(=O)[C@@H](Cc2ccccc2)NC(=O)[C@H](C)Oc2ccc(Cl)cc2Cl)cc1. The second-order valence-corrected chi connectivity index (χ2v) is 9.01. The fraction of sp³-hybridized carbons (Fsp3) is 0.214. The molecule has 3 rings (SSSR count). The number of hydrazone groups is 1. The van der Waals surface area contributed by atoms with Gasteiger partial charge in [0.2, 0.25) is 0 Å². The topological polar surface area (TPSA) is 106 Å². The molecule has 0 fully saturated rings. The molecule has 0 aromatic heterocycles. The molecule has 3 aromatic rings. The van der Waals surface area contributed by atoms with E-state index in [4.69, 9.17) is 32.7 Å². The number of rotatable bonds is 11. The molecule has 0 saturated heterocycles. The van der Waals surface area contributed by atoms with Gasteiger partial charge in [0.15, 0.2) is 6.10 Å². The number of amides is 2. The molecule has 0 bridgehead atoms. The Kier molecular flexibility index (Phi) is 10.7. The number of benzene rings is 3. The lowest BCUT2D eigenvalue weighted by Crippen LogP contribution is -2.50. The van der Waals surface area contributed by atoms with Crippen molar-refractivity contribution in [3.05, 3.63) is 99.5 Å². The smallest absolute Gasteiger partial charge is 0.338 e. The van der Waals surface area contributed by atoms with E-state index in [1.54, 1.807) is 50.2 Å². The number of carbonyl (C=O) groups is 3. The van der Waals surface area contributed by atoms with Gasteiger partial charge in [-0.2, -0.15) is 5.10 Å². The van der Waals surface area contributed by atoms with Gasteiger partial charge in [0.25, 0.3) is 11.8 Å². The highest BCUT2D eigenvalue weighted by molar-refractivity contribution is 6.35. The third-order valence-corrected chi connectivity index (χ3v) is 5.82. The van der Waals surface area contributed by atoms with Crippen LogP contribution in [0.25, 0.3) is 0 Å². The molecule has 0 aliphatic rings. The van der Waals surface area contributed by atoms with E-state index in [0.29, 0.717) is 21.9 Å². The van der Waals surface area contributed by atoms with E-state index in [2.05, 4.69) is 15.8 Å². The van der Waals surface area contributed by atoms with Crippen LogP contribution in [0.4, 0.5) is 0 Å². The first-order chi connectivity index (χ1) is 18.3. The van der Waals surface area contributed by atoms with Crippen LogP contribution in [0.3, 0.4) is 0 Å². The molecule has 2 atom stereocenters. The molecule has 10 heteroatoms. The number of hydrogen-bond donors (Lipinski definition) is 2. The Balaban J connectivity index is 1.66. The number of esters is 1. The molecule has 198 valence electrons. The van der Waals surface area contributed by atoms with E-state index >= 15 is 0 Å². The Morgan fingerprint density at radius 3 is 2.34 bits per heavy atom. The fourth-order valence-electron chi connectivity index (χ4n) is 3.33. The predicted octanol–water partition coefficient (Wildman–Crippen LogP) is 4.82. The maximum absolute atomic E-state index is 13.0. The summed E-state index contributed by atoms with van der Waals surface area (Å²) in [6.45, 7) is 3.57. The van der Waals surface area contributed by atoms with Gasteiger partial charge < -0.3 is 14.8 Å². The number of hydrogen-bond acceptors (Lipinski definition) is 6. The number of carbonyl (C=O) groups excluding carboxylic acids is 3. The summed E-state index contributed by atoms with van der Waals surface area (Å²) in [5.41, 5.74) is 4.38. The van der Waals surface area contributed by atoms with Gasteiger partial charge in [-0.05, 0) is 55.3 Å². The number of nitrogens with one attached hydrogen (secondary N) is 2. The third-order valence-electron chi connectivity index (χ3n) is 5.29. The quantitative estimate of drug-likeness (QED) is 0.200. The van der Waals surface area contributed by atoms with E-state index in [0.717, 1.165) is 5.56 Å². The molecule has 2 N–H and O–H groups in total. The Morgan fingerprint density at radius 1 is 0.974 bits per heavy atom. The minimum absolute atomic E-state index is 0.233. The summed E-state index contributed by atoms with van der Waals surface area (Å²) in [5, 5.41) is 7.43. The monoisotopic (exact) mass is 555 g/mol. The first-order valence-electron chi connectivity index (χ1n) is 11.8. The number of halogens is 2. The van der Waals surface area contributed by atoms with E-state index in [9.17, 15) is 14.4 Å². The van der Waals surface area contributed by atoms with Gasteiger partial charge in [-0.3, -0.25) is 9.59 Å². The highest BCUT2D eigenvalue weighted by Gasteiger charge is 2.25. The Labute approximate surface area is 230 Å². The molecule has 0 aliphatic carbocycles. The summed E-state index contributed by atoms with van der Waals surface area (Å²) in [5.74, 6) is -1.15. The van der Waals surface area contributed by atoms with Gasteiger partial charge in [0.1, 0.15) is 11.8 Å². The van der Waals surface area contributed by atoms with Crippen LogP contribution in [0, 0.1) is 0 Å². The van der Waals surface area contributed by atoms with Crippen LogP contribution < -0.4 is 15.5 Å². The van der Waals surface area contributed by atoms with Crippen LogP contribution in [0.2, 0.25) is 10.0 Å². The third kappa shape index (κ3) is 8.61. The highest BCUT2D eigenvalue weighted by atomic mass is 35.5. The zero-order valence-electron chi connectivity index (χ0n) is 20.8. The second-order valence-electron chi connectivity index (χ2n) is 8.16. The number of ether oxygens (including phenoxy) is 2. The van der Waals surface area contributed by atoms with Crippen LogP contribution in [0.15, 0.2) is 77.9 Å². The lowest BCUT2D eigenvalue weighted by molar-refractivity contribution is -0.132. The molecule has 0 unspecified atom stereocenters. The maximum atomic E-state index is 13.0. The summed E-state index contributed by atoms with van der Waals surface area (Å²) in [6.07, 6.45) is 0.722. The van der Waals surface area contributed by atoms with Crippen molar-refractivity contribution < 1.29 is 23.9 Å². The predicted molar refractivity (Wildman–Crippen MR) is 147 cm³/mol. The fourth-order valence-corrected chi connectivity index (χ4v) is 3.78. The zero-order valence-corrected chi connectivity index (χ0v) is 22.3. The minimum atomic E-state index is -0.943. The molecule has 0 saturated carbocycles. The summed E-state index contributed by atoms with van der Waals surface area (Å²) >= 11 is 12.1. The first-order valence-corrected chi connectivity index (χ1v) is 12.6. The summed E-state index contributed by atoms with van der Waals surface area (Å²) in [7, 11) is 0. The van der Waals surface area contributed by atoms with Gasteiger partial charge in [0, 0.05) is 11.4 Å². The Morgan fingerprint density at radius 2 is 1.68 bits per heavy atom. The first kappa shape index (κ1) is 28.7. The lowest BCUT2D eigenvalue weighted by Gasteiger charge is -2.21. The van der Waals surface area contributed by atoms with E-state index < -0.39 is 29.9 Å². The average Bonchev–Trinajstić information content (AvgIpc) is 2.90. The van der Waals surface area contributed by atoms with Crippen molar-refractivity contribution in [1.29, 1.82) is 0 Å². The van der Waals surface area contributed by atoms with Crippen LogP contribution in [0.5, 0.6) is 5.75 Å². The number of nitrogens with zero attached hydrogens (tertiary/aromatic N) is 1. The van der Waals surface area contributed by atoms with Gasteiger partial charge in [-0.1, -0.05) is 65.7 Å². The normalized spacial score (nSPS) is 12.4. The summed E-state index contributed by atoms with van der Waals surface area (Å²) in [6, 6.07) is 19.6. The Hall–Kier alpha value is -3.88. The van der Waals surface area contributed by atoms with Crippen molar-refractivity contribution in [2.24, 2.45) is 5.10 Å². The molecular formula is C28H27Cl2N3O5. The maximum Gasteiger partial charge on any atom is 0.338 e. The summed E-state index contributed by atoms with van der Waals surface area (Å²) in [4.78, 5) is 37.7. The summed E-state index contributed by atoms with van der Waals surface area (Å²) < 4.78 is 10.6. The van der Waals surface area contributed by atoms with Crippen LogP contribution in [-0.4, -0.2) is 42.8 Å². The largest absolute Gasteiger partial charge is 0.479 e. The van der Waals surface area contributed by atoms with Crippen LogP contribution in [0.1, 0.15) is 35.3 Å². The van der Waals surface area contributed by atoms with Crippen LogP contribution in [-0.2, 0) is 20.7 Å². The molecule has 2 amide bonds. The zero-order chi connectivity index (χ0) is 27.5. The van der Waals surface area contributed by atoms with Gasteiger partial charge >= 0.3 is 5.97 Å². The second kappa shape index (κ2) is 14.2. The van der Waals surface area contributed by atoms with Crippen molar-refractivity contribution in [2.75, 3.05) is 6.61 Å². The van der Waals surface area contributed by atoms with Crippen molar-refractivity contribution in [3.8, 4) is 5.75 Å². The van der Waals surface area contributed by atoms with Crippen molar-refractivity contribution in [2.45, 2.75) is 32.4 Å². The molecular weight excluding hydrogens is 529 g/mol. The van der Waals surface area contributed by atoms with Crippen molar-refractivity contribution in [1.82, 2.24) is 10.7 Å². The van der Waals surface area contributed by atoms with Crippen molar-refractivity contribution >= 4 is 47.2 Å². The van der Waals surface area contributed by atoms with Crippen LogP contribution >= 0.6 is 23.2 Å². The lowest BCUT2D eigenvalue weighted by atomic mass is 10.1. The Bertz CT molecular complexity index is 1280. The molecule has 0 aliphatic heterocycles. The molecule has 3 aromatic carbocycles. The average molecular weight is 556 g/mol. The molecule has 38 heavy (non-hydrogen) atoms. The highest BCUT2D eigenvalue weighted by Crippen LogP contribution is 2.28.